The highest BCUT2D eigenvalue weighted by atomic mass is 35.5. The average molecular weight is 536 g/mol. The molecule has 0 N–H and O–H groups in total. The first-order valence-corrected chi connectivity index (χ1v) is 12.8. The minimum atomic E-state index is -0.469. The maximum absolute atomic E-state index is 13.3. The van der Waals surface area contributed by atoms with E-state index in [-0.39, 0.29) is 41.9 Å². The molecule has 1 fully saturated rings. The molecule has 0 bridgehead atoms. The number of piperazine rings is 1. The van der Waals surface area contributed by atoms with Crippen LogP contribution in [0, 0.1) is 5.82 Å². The largest absolute Gasteiger partial charge is 0.482 e. The Morgan fingerprint density at radius 2 is 1.61 bits per heavy atom. The molecule has 5 rings (SSSR count). The Morgan fingerprint density at radius 1 is 0.947 bits per heavy atom. The van der Waals surface area contributed by atoms with E-state index >= 15 is 0 Å². The molecule has 3 aromatic carbocycles. The van der Waals surface area contributed by atoms with Gasteiger partial charge in [-0.2, -0.15) is 0 Å². The number of anilines is 1. The van der Waals surface area contributed by atoms with Gasteiger partial charge in [-0.3, -0.25) is 19.3 Å². The average Bonchev–Trinajstić information content (AvgIpc) is 3.16. The highest BCUT2D eigenvalue weighted by molar-refractivity contribution is 6.36. The molecule has 38 heavy (non-hydrogen) atoms. The van der Waals surface area contributed by atoms with Gasteiger partial charge in [0.1, 0.15) is 11.6 Å². The van der Waals surface area contributed by atoms with Gasteiger partial charge in [0.15, 0.2) is 6.61 Å². The van der Waals surface area contributed by atoms with E-state index in [1.165, 1.54) is 18.2 Å². The highest BCUT2D eigenvalue weighted by Gasteiger charge is 2.38. The van der Waals surface area contributed by atoms with Gasteiger partial charge in [-0.05, 0) is 61.9 Å². The number of benzene rings is 3. The van der Waals surface area contributed by atoms with Crippen LogP contribution in [-0.2, 0) is 11.3 Å². The normalized spacial score (nSPS) is 19.6. The molecule has 2 heterocycles. The molecule has 0 saturated carbocycles. The van der Waals surface area contributed by atoms with Crippen LogP contribution in [0.2, 0.25) is 5.02 Å². The Labute approximate surface area is 225 Å². The van der Waals surface area contributed by atoms with Crippen LogP contribution in [0.25, 0.3) is 0 Å². The van der Waals surface area contributed by atoms with Crippen LogP contribution in [0.4, 0.5) is 10.1 Å². The summed E-state index contributed by atoms with van der Waals surface area (Å²) in [4.78, 5) is 44.3. The van der Waals surface area contributed by atoms with Gasteiger partial charge in [-0.25, -0.2) is 9.29 Å². The van der Waals surface area contributed by atoms with Gasteiger partial charge in [0.25, 0.3) is 17.7 Å². The first-order valence-electron chi connectivity index (χ1n) is 12.4. The molecule has 3 aromatic rings. The third-order valence-corrected chi connectivity index (χ3v) is 7.28. The van der Waals surface area contributed by atoms with Crippen molar-refractivity contribution in [1.82, 2.24) is 9.80 Å². The molecular formula is C29H27ClFN3O4. The Balaban J connectivity index is 1.27. The SMILES string of the molecule is C[C@@H]1CN(Cc2ccc(F)cc2)[C@@H](C)CN1C(=O)COc1ccc(Cl)cc1N1C(=O)c2ccccc2C1=O. The zero-order valence-corrected chi connectivity index (χ0v) is 21.8. The number of carbonyl (C=O) groups is 3. The van der Waals surface area contributed by atoms with Crippen LogP contribution < -0.4 is 9.64 Å². The van der Waals surface area contributed by atoms with Crippen molar-refractivity contribution in [1.29, 1.82) is 0 Å². The summed E-state index contributed by atoms with van der Waals surface area (Å²) < 4.78 is 19.1. The Kier molecular flexibility index (Phi) is 7.19. The molecule has 7 nitrogen and oxygen atoms in total. The topological polar surface area (TPSA) is 70.2 Å². The molecule has 2 atom stereocenters. The van der Waals surface area contributed by atoms with Crippen molar-refractivity contribution >= 4 is 35.0 Å². The lowest BCUT2D eigenvalue weighted by Gasteiger charge is -2.44. The summed E-state index contributed by atoms with van der Waals surface area (Å²) in [6.07, 6.45) is 0. The molecule has 0 aliphatic carbocycles. The van der Waals surface area contributed by atoms with Crippen molar-refractivity contribution in [3.8, 4) is 5.75 Å². The van der Waals surface area contributed by atoms with Gasteiger partial charge in [0, 0.05) is 36.7 Å². The quantitative estimate of drug-likeness (QED) is 0.425. The molecule has 2 aliphatic heterocycles. The number of hydrogen-bond donors (Lipinski definition) is 0. The van der Waals surface area contributed by atoms with E-state index in [0.717, 1.165) is 10.5 Å². The number of carbonyl (C=O) groups excluding carboxylic acids is 3. The van der Waals surface area contributed by atoms with Crippen LogP contribution in [0.1, 0.15) is 40.1 Å². The van der Waals surface area contributed by atoms with Crippen molar-refractivity contribution in [2.75, 3.05) is 24.6 Å². The van der Waals surface area contributed by atoms with Gasteiger partial charge < -0.3 is 9.64 Å². The smallest absolute Gasteiger partial charge is 0.266 e. The van der Waals surface area contributed by atoms with E-state index in [2.05, 4.69) is 11.8 Å². The van der Waals surface area contributed by atoms with Crippen LogP contribution >= 0.6 is 11.6 Å². The number of hydrogen-bond acceptors (Lipinski definition) is 5. The van der Waals surface area contributed by atoms with Crippen LogP contribution in [0.5, 0.6) is 5.75 Å². The summed E-state index contributed by atoms with van der Waals surface area (Å²) in [5.41, 5.74) is 1.82. The van der Waals surface area contributed by atoms with Crippen molar-refractivity contribution in [3.63, 3.8) is 0 Å². The van der Waals surface area contributed by atoms with Crippen molar-refractivity contribution in [2.24, 2.45) is 0 Å². The van der Waals surface area contributed by atoms with Gasteiger partial charge >= 0.3 is 0 Å². The fourth-order valence-corrected chi connectivity index (χ4v) is 5.17. The predicted octanol–water partition coefficient (Wildman–Crippen LogP) is 4.78. The van der Waals surface area contributed by atoms with Crippen LogP contribution in [0.3, 0.4) is 0 Å². The van der Waals surface area contributed by atoms with Gasteiger partial charge in [0.2, 0.25) is 0 Å². The molecule has 0 spiro atoms. The summed E-state index contributed by atoms with van der Waals surface area (Å²) in [5.74, 6) is -1.19. The van der Waals surface area contributed by atoms with Crippen LogP contribution in [-0.4, -0.2) is 59.3 Å². The summed E-state index contributed by atoms with van der Waals surface area (Å²) in [5, 5.41) is 0.329. The van der Waals surface area contributed by atoms with Gasteiger partial charge in [-0.15, -0.1) is 0 Å². The van der Waals surface area contributed by atoms with Gasteiger partial charge in [0.05, 0.1) is 16.8 Å². The Bertz CT molecular complexity index is 1360. The molecule has 3 amide bonds. The van der Waals surface area contributed by atoms with E-state index in [0.29, 0.717) is 35.8 Å². The number of fused-ring (bicyclic) bond motifs is 1. The van der Waals surface area contributed by atoms with Crippen LogP contribution in [0.15, 0.2) is 66.7 Å². The fourth-order valence-electron chi connectivity index (χ4n) is 5.01. The van der Waals surface area contributed by atoms with E-state index in [1.807, 2.05) is 6.92 Å². The van der Waals surface area contributed by atoms with Gasteiger partial charge in [-0.1, -0.05) is 35.9 Å². The predicted molar refractivity (Wildman–Crippen MR) is 142 cm³/mol. The molecular weight excluding hydrogens is 509 g/mol. The summed E-state index contributed by atoms with van der Waals surface area (Å²) >= 11 is 6.20. The molecule has 2 aliphatic rings. The lowest BCUT2D eigenvalue weighted by atomic mass is 10.1. The second-order valence-corrected chi connectivity index (χ2v) is 10.1. The Hall–Kier alpha value is -3.75. The molecule has 0 unspecified atom stereocenters. The third-order valence-electron chi connectivity index (χ3n) is 7.04. The van der Waals surface area contributed by atoms with Crippen molar-refractivity contribution in [3.05, 3.63) is 94.3 Å². The molecule has 9 heteroatoms. The minimum Gasteiger partial charge on any atom is -0.482 e. The third kappa shape index (κ3) is 5.01. The van der Waals surface area contributed by atoms with Crippen molar-refractivity contribution < 1.29 is 23.5 Å². The zero-order valence-electron chi connectivity index (χ0n) is 21.1. The molecule has 196 valence electrons. The molecule has 0 radical (unpaired) electrons. The lowest BCUT2D eigenvalue weighted by Crippen LogP contribution is -2.58. The number of rotatable bonds is 6. The second kappa shape index (κ2) is 10.6. The van der Waals surface area contributed by atoms with E-state index in [9.17, 15) is 18.8 Å². The highest BCUT2D eigenvalue weighted by Crippen LogP contribution is 2.37. The lowest BCUT2D eigenvalue weighted by molar-refractivity contribution is -0.139. The number of amides is 3. The minimum absolute atomic E-state index is 0.0660. The fraction of sp³-hybridized carbons (Fsp3) is 0.276. The molecule has 0 aromatic heterocycles. The number of imide groups is 1. The first-order chi connectivity index (χ1) is 18.2. The van der Waals surface area contributed by atoms with E-state index < -0.39 is 11.8 Å². The standard InChI is InChI=1S/C29H27ClFN3O4/c1-18-15-33(19(2)14-32(18)16-20-7-10-22(31)11-8-20)27(35)17-38-26-12-9-21(30)13-25(26)34-28(36)23-5-3-4-6-24(23)29(34)37/h3-13,18-19H,14-17H2,1-2H3/t18-,19+/m0/s1. The zero-order chi connectivity index (χ0) is 27.0. The number of halogens is 2. The number of nitrogens with zero attached hydrogens (tertiary/aromatic N) is 3. The van der Waals surface area contributed by atoms with E-state index in [1.54, 1.807) is 53.4 Å². The maximum atomic E-state index is 13.3. The first kappa shape index (κ1) is 25.9. The monoisotopic (exact) mass is 535 g/mol. The molecule has 1 saturated heterocycles. The van der Waals surface area contributed by atoms with E-state index in [4.69, 9.17) is 16.3 Å². The summed E-state index contributed by atoms with van der Waals surface area (Å²) in [6, 6.07) is 17.7. The summed E-state index contributed by atoms with van der Waals surface area (Å²) in [7, 11) is 0. The Morgan fingerprint density at radius 3 is 2.26 bits per heavy atom. The maximum Gasteiger partial charge on any atom is 0.266 e. The summed E-state index contributed by atoms with van der Waals surface area (Å²) in [6.45, 7) is 5.61. The van der Waals surface area contributed by atoms with Crippen molar-refractivity contribution in [2.45, 2.75) is 32.5 Å². The number of ether oxygens (including phenoxy) is 1. The second-order valence-electron chi connectivity index (χ2n) is 9.69.